The van der Waals surface area contributed by atoms with E-state index in [0.29, 0.717) is 28.1 Å². The molecule has 2 heterocycles. The lowest BCUT2D eigenvalue weighted by molar-refractivity contribution is -0.143. The van der Waals surface area contributed by atoms with Crippen molar-refractivity contribution in [3.05, 3.63) is 67.3 Å². The van der Waals surface area contributed by atoms with Crippen LogP contribution in [0.3, 0.4) is 0 Å². The monoisotopic (exact) mass is 763 g/mol. The Labute approximate surface area is 316 Å². The molecule has 1 aliphatic heterocycles. The Morgan fingerprint density at radius 1 is 1.04 bits per heavy atom. The summed E-state index contributed by atoms with van der Waals surface area (Å²) in [5, 5.41) is 6.13. The van der Waals surface area contributed by atoms with Gasteiger partial charge >= 0.3 is 6.09 Å². The number of nitrogens with one attached hydrogen (secondary N) is 3. The number of carbonyl (C=O) groups is 4. The van der Waals surface area contributed by atoms with Gasteiger partial charge in [-0.2, -0.15) is 0 Å². The zero-order chi connectivity index (χ0) is 39.8. The minimum atomic E-state index is -3.95. The molecule has 1 aromatic heterocycles. The SMILES string of the molecule is C=CC1CC1(NC(=O)[C@@H]1C[C@@H](Oc2cc(-c3ccccc3)nc3cc(OC)ccc23)CN1C(=O)[C@@H](NC(=O)OC(C)(C)C)C(C)(C)C)C(=O)NS(C)(=O)=O. The number of likely N-dealkylation sites (tertiary alicyclic amines) is 1. The molecule has 5 rings (SSSR count). The Morgan fingerprint density at radius 2 is 1.72 bits per heavy atom. The molecule has 5 atom stereocenters. The van der Waals surface area contributed by atoms with E-state index in [9.17, 15) is 27.6 Å². The highest BCUT2D eigenvalue weighted by molar-refractivity contribution is 7.89. The summed E-state index contributed by atoms with van der Waals surface area (Å²) in [5.41, 5.74) is -1.19. The normalized spacial score (nSPS) is 21.8. The van der Waals surface area contributed by atoms with Crippen LogP contribution in [0.25, 0.3) is 22.2 Å². The fourth-order valence-corrected chi connectivity index (χ4v) is 7.07. The number of methoxy groups -OCH3 is 1. The van der Waals surface area contributed by atoms with Crippen molar-refractivity contribution >= 4 is 44.7 Å². The maximum Gasteiger partial charge on any atom is 0.408 e. The molecule has 0 spiro atoms. The molecular formula is C39H49N5O9S. The highest BCUT2D eigenvalue weighted by Gasteiger charge is 2.61. The highest BCUT2D eigenvalue weighted by Crippen LogP contribution is 2.45. The maximum atomic E-state index is 14.6. The molecule has 1 saturated carbocycles. The first-order valence-corrected chi connectivity index (χ1v) is 19.5. The van der Waals surface area contributed by atoms with Crippen molar-refractivity contribution in [3.8, 4) is 22.8 Å². The number of benzene rings is 2. The van der Waals surface area contributed by atoms with Crippen LogP contribution in [0.15, 0.2) is 67.3 Å². The molecule has 4 amide bonds. The summed E-state index contributed by atoms with van der Waals surface area (Å²) < 4.78 is 43.6. The van der Waals surface area contributed by atoms with E-state index in [1.54, 1.807) is 66.9 Å². The Hall–Kier alpha value is -5.18. The first-order valence-electron chi connectivity index (χ1n) is 17.6. The molecule has 0 radical (unpaired) electrons. The van der Waals surface area contributed by atoms with Gasteiger partial charge in [-0.05, 0) is 44.7 Å². The third-order valence-electron chi connectivity index (χ3n) is 9.29. The summed E-state index contributed by atoms with van der Waals surface area (Å²) in [4.78, 5) is 61.3. The van der Waals surface area contributed by atoms with E-state index in [2.05, 4.69) is 17.2 Å². The quantitative estimate of drug-likeness (QED) is 0.238. The molecule has 2 fully saturated rings. The minimum Gasteiger partial charge on any atom is -0.497 e. The first kappa shape index (κ1) is 40.0. The predicted octanol–water partition coefficient (Wildman–Crippen LogP) is 4.33. The molecule has 3 aromatic rings. The summed E-state index contributed by atoms with van der Waals surface area (Å²) in [6.45, 7) is 14.1. The maximum absolute atomic E-state index is 14.6. The van der Waals surface area contributed by atoms with Crippen molar-refractivity contribution in [1.29, 1.82) is 0 Å². The number of alkyl carbamates (subject to hydrolysis) is 1. The lowest BCUT2D eigenvalue weighted by Gasteiger charge is -2.36. The number of ether oxygens (including phenoxy) is 3. The number of aromatic nitrogens is 1. The van der Waals surface area contributed by atoms with E-state index in [4.69, 9.17) is 19.2 Å². The number of amides is 4. The van der Waals surface area contributed by atoms with Crippen molar-refractivity contribution in [1.82, 2.24) is 25.2 Å². The van der Waals surface area contributed by atoms with Crippen LogP contribution in [-0.4, -0.2) is 91.4 Å². The molecule has 1 aliphatic carbocycles. The molecule has 15 heteroatoms. The lowest BCUT2D eigenvalue weighted by atomic mass is 9.85. The standard InChI is InChI=1S/C39H49N5O9S/c1-10-24-21-39(24,35(47)43-54(9,49)50)42-33(45)30-19-26(22-44(30)34(46)32(37(2,3)4)41-36(48)53-38(5,6)7)52-31-20-28(23-14-12-11-13-15-23)40-29-18-25(51-8)16-17-27(29)31/h10-18,20,24,26,30,32H,1,19,21-22H2,2-9H3,(H,41,48)(H,42,45)(H,43,47)/t24?,26-,30+,32-,39?/m1/s1. The summed E-state index contributed by atoms with van der Waals surface area (Å²) in [6.07, 6.45) is 0.892. The zero-order valence-corrected chi connectivity index (χ0v) is 32.7. The number of hydrogen-bond acceptors (Lipinski definition) is 10. The molecule has 3 N–H and O–H groups in total. The van der Waals surface area contributed by atoms with Crippen LogP contribution in [-0.2, 0) is 29.1 Å². The molecule has 0 bridgehead atoms. The second kappa shape index (κ2) is 14.9. The van der Waals surface area contributed by atoms with E-state index in [1.165, 1.54) is 11.0 Å². The van der Waals surface area contributed by atoms with Gasteiger partial charge in [0.15, 0.2) is 0 Å². The second-order valence-corrected chi connectivity index (χ2v) is 17.6. The van der Waals surface area contributed by atoms with Crippen LogP contribution in [0.5, 0.6) is 11.5 Å². The van der Waals surface area contributed by atoms with E-state index in [0.717, 1.165) is 11.8 Å². The van der Waals surface area contributed by atoms with Crippen LogP contribution >= 0.6 is 0 Å². The third-order valence-corrected chi connectivity index (χ3v) is 9.85. The third kappa shape index (κ3) is 9.12. The summed E-state index contributed by atoms with van der Waals surface area (Å²) in [7, 11) is -2.39. The lowest BCUT2D eigenvalue weighted by Crippen LogP contribution is -2.60. The summed E-state index contributed by atoms with van der Waals surface area (Å²) in [5.74, 6) is -1.66. The number of hydrogen-bond donors (Lipinski definition) is 3. The summed E-state index contributed by atoms with van der Waals surface area (Å²) in [6, 6.07) is 14.4. The Bertz CT molecular complexity index is 2060. The van der Waals surface area contributed by atoms with Gasteiger partial charge < -0.3 is 29.7 Å². The highest BCUT2D eigenvalue weighted by atomic mass is 32.2. The van der Waals surface area contributed by atoms with Crippen LogP contribution < -0.4 is 24.8 Å². The molecule has 54 heavy (non-hydrogen) atoms. The molecule has 2 aromatic carbocycles. The van der Waals surface area contributed by atoms with Gasteiger partial charge in [0.05, 0.1) is 31.1 Å². The van der Waals surface area contributed by atoms with Gasteiger partial charge in [0.1, 0.15) is 40.8 Å². The number of sulfonamides is 1. The van der Waals surface area contributed by atoms with Gasteiger partial charge in [-0.3, -0.25) is 19.1 Å². The van der Waals surface area contributed by atoms with E-state index in [1.807, 2.05) is 41.1 Å². The number of fused-ring (bicyclic) bond motifs is 1. The van der Waals surface area contributed by atoms with Gasteiger partial charge in [-0.15, -0.1) is 6.58 Å². The number of pyridine rings is 1. The largest absolute Gasteiger partial charge is 0.497 e. The Kier molecular flexibility index (Phi) is 11.1. The van der Waals surface area contributed by atoms with Crippen LogP contribution in [0.4, 0.5) is 4.79 Å². The number of nitrogens with zero attached hydrogens (tertiary/aromatic N) is 2. The predicted molar refractivity (Wildman–Crippen MR) is 203 cm³/mol. The fourth-order valence-electron chi connectivity index (χ4n) is 6.55. The molecule has 14 nitrogen and oxygen atoms in total. The summed E-state index contributed by atoms with van der Waals surface area (Å²) >= 11 is 0. The van der Waals surface area contributed by atoms with Crippen LogP contribution in [0.1, 0.15) is 54.4 Å². The van der Waals surface area contributed by atoms with Gasteiger partial charge in [-0.1, -0.05) is 57.2 Å². The fraction of sp³-hybridized carbons (Fsp3) is 0.462. The number of rotatable bonds is 11. The van der Waals surface area contributed by atoms with Crippen molar-refractivity contribution in [2.24, 2.45) is 11.3 Å². The van der Waals surface area contributed by atoms with Gasteiger partial charge in [0.2, 0.25) is 21.8 Å². The van der Waals surface area contributed by atoms with Gasteiger partial charge in [0.25, 0.3) is 5.91 Å². The molecular weight excluding hydrogens is 715 g/mol. The van der Waals surface area contributed by atoms with Crippen molar-refractivity contribution in [2.75, 3.05) is 19.9 Å². The Morgan fingerprint density at radius 3 is 2.30 bits per heavy atom. The molecule has 2 unspecified atom stereocenters. The first-order chi connectivity index (χ1) is 25.1. The topological polar surface area (TPSA) is 182 Å². The minimum absolute atomic E-state index is 0.00401. The smallest absolute Gasteiger partial charge is 0.408 e. The van der Waals surface area contributed by atoms with E-state index in [-0.39, 0.29) is 19.4 Å². The van der Waals surface area contributed by atoms with Crippen LogP contribution in [0.2, 0.25) is 0 Å². The van der Waals surface area contributed by atoms with Crippen molar-refractivity contribution in [2.45, 2.75) is 83.7 Å². The van der Waals surface area contributed by atoms with E-state index >= 15 is 0 Å². The average Bonchev–Trinajstić information content (AvgIpc) is 3.64. The van der Waals surface area contributed by atoms with Gasteiger partial charge in [0, 0.05) is 35.4 Å². The average molecular weight is 764 g/mol. The zero-order valence-electron chi connectivity index (χ0n) is 31.9. The molecule has 290 valence electrons. The Balaban J connectivity index is 1.52. The van der Waals surface area contributed by atoms with Gasteiger partial charge in [-0.25, -0.2) is 18.2 Å². The number of carbonyl (C=O) groups excluding carboxylic acids is 4. The second-order valence-electron chi connectivity index (χ2n) is 15.9. The molecule has 1 saturated heterocycles. The molecule has 2 aliphatic rings. The van der Waals surface area contributed by atoms with E-state index < -0.39 is 74.5 Å². The van der Waals surface area contributed by atoms with Crippen molar-refractivity contribution in [3.63, 3.8) is 0 Å². The van der Waals surface area contributed by atoms with Crippen molar-refractivity contribution < 1.29 is 41.8 Å². The van der Waals surface area contributed by atoms with Crippen LogP contribution in [0, 0.1) is 11.3 Å².